The molecule has 0 aromatic heterocycles. The molecular formula is C29H36F4N4O. The molecule has 1 amide bonds. The molecule has 3 atom stereocenters. The molecule has 38 heavy (non-hydrogen) atoms. The molecule has 1 saturated heterocycles. The summed E-state index contributed by atoms with van der Waals surface area (Å²) in [6.07, 6.45) is 4.48. The number of nitrogens with zero attached hydrogens (tertiary/aromatic N) is 3. The van der Waals surface area contributed by atoms with Crippen LogP contribution in [0.1, 0.15) is 49.7 Å². The van der Waals surface area contributed by atoms with Gasteiger partial charge in [0.05, 0.1) is 17.2 Å². The number of alkyl halides is 3. The van der Waals surface area contributed by atoms with Gasteiger partial charge in [0.15, 0.2) is 0 Å². The fraction of sp³-hybridized carbons (Fsp3) is 0.517. The second-order valence-electron chi connectivity index (χ2n) is 10.0. The number of nitriles is 1. The number of carbonyl (C=O) groups excluding carboxylic acids is 1. The van der Waals surface area contributed by atoms with Gasteiger partial charge in [0.2, 0.25) is 6.41 Å². The third-order valence-electron chi connectivity index (χ3n) is 7.46. The Morgan fingerprint density at radius 2 is 1.79 bits per heavy atom. The Balaban J connectivity index is 0.000000169. The van der Waals surface area contributed by atoms with E-state index in [4.69, 9.17) is 5.26 Å². The standard InChI is InChI=1S/C14H24N2O.C8H7F4N.C7H5N/c17-11-16(8-7-15-5-1-2-6-15)14-4-3-12-9-13(12)10-14;1-13-5-2-3-7(9)6(4-5)8(10,11)12;8-6-7-4-2-1-3-5-7/h11-14H,1-10H2;2-4,13H,1H3;1-5H. The average Bonchev–Trinajstić information content (AvgIpc) is 3.52. The quantitative estimate of drug-likeness (QED) is 0.357. The SMILES string of the molecule is CNc1ccc(F)c(C(F)(F)F)c1.N#Cc1ccccc1.O=CN(CCN1CCCC1)C1CCC2CC2C1. The lowest BCUT2D eigenvalue weighted by molar-refractivity contribution is -0.140. The van der Waals surface area contributed by atoms with Crippen molar-refractivity contribution >= 4 is 12.1 Å². The molecule has 2 saturated carbocycles. The molecule has 0 radical (unpaired) electrons. The first kappa shape index (κ1) is 29.4. The zero-order chi connectivity index (χ0) is 27.5. The van der Waals surface area contributed by atoms with Crippen LogP contribution in [0.15, 0.2) is 48.5 Å². The summed E-state index contributed by atoms with van der Waals surface area (Å²) in [4.78, 5) is 15.8. The summed E-state index contributed by atoms with van der Waals surface area (Å²) in [5, 5.41) is 10.8. The summed E-state index contributed by atoms with van der Waals surface area (Å²) >= 11 is 0. The first-order valence-corrected chi connectivity index (χ1v) is 13.2. The Bertz CT molecular complexity index is 1050. The molecule has 3 fully saturated rings. The smallest absolute Gasteiger partial charge is 0.388 e. The fourth-order valence-electron chi connectivity index (χ4n) is 5.12. The summed E-state index contributed by atoms with van der Waals surface area (Å²) in [6.45, 7) is 4.51. The number of anilines is 1. The molecule has 3 aliphatic rings. The summed E-state index contributed by atoms with van der Waals surface area (Å²) in [5.74, 6) is 0.729. The number of fused-ring (bicyclic) bond motifs is 1. The lowest BCUT2D eigenvalue weighted by atomic mass is 9.94. The molecule has 5 nitrogen and oxygen atoms in total. The predicted octanol–water partition coefficient (Wildman–Crippen LogP) is 6.17. The van der Waals surface area contributed by atoms with Gasteiger partial charge in [0.25, 0.3) is 0 Å². The zero-order valence-electron chi connectivity index (χ0n) is 21.8. The Hall–Kier alpha value is -3.12. The van der Waals surface area contributed by atoms with Crippen molar-refractivity contribution in [2.45, 2.75) is 50.7 Å². The molecule has 1 N–H and O–H groups in total. The van der Waals surface area contributed by atoms with Crippen LogP contribution in [0.2, 0.25) is 0 Å². The highest BCUT2D eigenvalue weighted by Crippen LogP contribution is 2.50. The summed E-state index contributed by atoms with van der Waals surface area (Å²) < 4.78 is 48.9. The van der Waals surface area contributed by atoms with Crippen molar-refractivity contribution in [2.75, 3.05) is 38.5 Å². The molecule has 3 unspecified atom stereocenters. The number of halogens is 4. The Kier molecular flexibility index (Phi) is 11.0. The van der Waals surface area contributed by atoms with Crippen molar-refractivity contribution in [1.29, 1.82) is 5.26 Å². The largest absolute Gasteiger partial charge is 0.419 e. The first-order chi connectivity index (χ1) is 18.2. The molecule has 1 aliphatic heterocycles. The van der Waals surface area contributed by atoms with Crippen LogP contribution in [0.25, 0.3) is 0 Å². The van der Waals surface area contributed by atoms with Crippen LogP contribution in [0.3, 0.4) is 0 Å². The lowest BCUT2D eigenvalue weighted by Crippen LogP contribution is -2.41. The van der Waals surface area contributed by atoms with Crippen LogP contribution < -0.4 is 5.32 Å². The topological polar surface area (TPSA) is 59.4 Å². The molecule has 0 spiro atoms. The Labute approximate surface area is 222 Å². The number of hydrogen-bond acceptors (Lipinski definition) is 4. The van der Waals surface area contributed by atoms with E-state index < -0.39 is 17.6 Å². The number of rotatable bonds is 6. The van der Waals surface area contributed by atoms with Crippen molar-refractivity contribution in [3.05, 3.63) is 65.5 Å². The van der Waals surface area contributed by atoms with E-state index in [1.807, 2.05) is 24.3 Å². The first-order valence-electron chi connectivity index (χ1n) is 13.2. The number of amides is 1. The van der Waals surface area contributed by atoms with Gasteiger partial charge in [-0.15, -0.1) is 0 Å². The van der Waals surface area contributed by atoms with E-state index in [0.717, 1.165) is 43.5 Å². The highest BCUT2D eigenvalue weighted by molar-refractivity contribution is 5.48. The van der Waals surface area contributed by atoms with Gasteiger partial charge >= 0.3 is 6.18 Å². The minimum atomic E-state index is -4.64. The van der Waals surface area contributed by atoms with Crippen molar-refractivity contribution in [1.82, 2.24) is 9.80 Å². The van der Waals surface area contributed by atoms with Gasteiger partial charge in [-0.3, -0.25) is 4.79 Å². The van der Waals surface area contributed by atoms with Gasteiger partial charge in [-0.2, -0.15) is 18.4 Å². The molecule has 9 heteroatoms. The van der Waals surface area contributed by atoms with Crippen molar-refractivity contribution in [3.63, 3.8) is 0 Å². The Morgan fingerprint density at radius 1 is 1.08 bits per heavy atom. The monoisotopic (exact) mass is 532 g/mol. The van der Waals surface area contributed by atoms with Crippen LogP contribution in [0.5, 0.6) is 0 Å². The van der Waals surface area contributed by atoms with Gasteiger partial charge in [-0.1, -0.05) is 18.2 Å². The predicted molar refractivity (Wildman–Crippen MR) is 140 cm³/mol. The summed E-state index contributed by atoms with van der Waals surface area (Å²) in [6, 6.07) is 14.5. The van der Waals surface area contributed by atoms with Crippen LogP contribution >= 0.6 is 0 Å². The van der Waals surface area contributed by atoms with Gasteiger partial charge in [-0.05, 0) is 93.8 Å². The minimum Gasteiger partial charge on any atom is -0.388 e. The minimum absolute atomic E-state index is 0.230. The maximum atomic E-state index is 12.7. The second kappa shape index (κ2) is 14.1. The van der Waals surface area contributed by atoms with E-state index in [1.165, 1.54) is 64.7 Å². The average molecular weight is 533 g/mol. The highest BCUT2D eigenvalue weighted by Gasteiger charge is 2.43. The molecule has 2 aromatic rings. The molecule has 5 rings (SSSR count). The molecule has 2 aromatic carbocycles. The van der Waals surface area contributed by atoms with E-state index in [2.05, 4.69) is 15.1 Å². The number of hydrogen-bond donors (Lipinski definition) is 1. The fourth-order valence-corrected chi connectivity index (χ4v) is 5.12. The van der Waals surface area contributed by atoms with Crippen LogP contribution in [0, 0.1) is 29.0 Å². The van der Waals surface area contributed by atoms with E-state index in [0.29, 0.717) is 11.6 Å². The van der Waals surface area contributed by atoms with Crippen molar-refractivity contribution < 1.29 is 22.4 Å². The van der Waals surface area contributed by atoms with E-state index in [-0.39, 0.29) is 5.69 Å². The number of nitrogens with one attached hydrogen (secondary N) is 1. The maximum Gasteiger partial charge on any atom is 0.419 e. The Morgan fingerprint density at radius 3 is 2.34 bits per heavy atom. The molecule has 206 valence electrons. The summed E-state index contributed by atoms with van der Waals surface area (Å²) in [5.41, 5.74) is -0.305. The maximum absolute atomic E-state index is 12.7. The van der Waals surface area contributed by atoms with Gasteiger partial charge < -0.3 is 15.1 Å². The second-order valence-corrected chi connectivity index (χ2v) is 10.0. The third kappa shape index (κ3) is 9.02. The van der Waals surface area contributed by atoms with Gasteiger partial charge in [0, 0.05) is 31.9 Å². The van der Waals surface area contributed by atoms with E-state index in [9.17, 15) is 22.4 Å². The van der Waals surface area contributed by atoms with E-state index in [1.54, 1.807) is 12.1 Å². The lowest BCUT2D eigenvalue weighted by Gasteiger charge is -2.32. The molecule has 0 bridgehead atoms. The van der Waals surface area contributed by atoms with Crippen LogP contribution in [-0.4, -0.2) is 55.5 Å². The normalized spacial score (nSPS) is 21.9. The third-order valence-corrected chi connectivity index (χ3v) is 7.46. The number of benzene rings is 2. The molecular weight excluding hydrogens is 496 g/mol. The molecule has 1 heterocycles. The van der Waals surface area contributed by atoms with E-state index >= 15 is 0 Å². The summed E-state index contributed by atoms with van der Waals surface area (Å²) in [7, 11) is 1.47. The molecule has 2 aliphatic carbocycles. The number of carbonyl (C=O) groups is 1. The van der Waals surface area contributed by atoms with Gasteiger partial charge in [0.1, 0.15) is 5.82 Å². The van der Waals surface area contributed by atoms with Gasteiger partial charge in [-0.25, -0.2) is 4.39 Å². The highest BCUT2D eigenvalue weighted by atomic mass is 19.4. The van der Waals surface area contributed by atoms with Crippen molar-refractivity contribution in [3.8, 4) is 6.07 Å². The van der Waals surface area contributed by atoms with Crippen LogP contribution in [-0.2, 0) is 11.0 Å². The zero-order valence-corrected chi connectivity index (χ0v) is 21.8. The van der Waals surface area contributed by atoms with Crippen LogP contribution in [0.4, 0.5) is 23.2 Å². The van der Waals surface area contributed by atoms with Crippen molar-refractivity contribution in [2.24, 2.45) is 11.8 Å². The number of likely N-dealkylation sites (tertiary alicyclic amines) is 1.